The lowest BCUT2D eigenvalue weighted by molar-refractivity contribution is 0.173. The van der Waals surface area contributed by atoms with Gasteiger partial charge in [-0.25, -0.2) is 4.39 Å². The Hall–Kier alpha value is -1.19. The summed E-state index contributed by atoms with van der Waals surface area (Å²) < 4.78 is 14.4. The smallest absolute Gasteiger partial charge is 0.130 e. The van der Waals surface area contributed by atoms with E-state index in [0.717, 1.165) is 5.56 Å². The summed E-state index contributed by atoms with van der Waals surface area (Å²) in [4.78, 5) is 0. The van der Waals surface area contributed by atoms with E-state index < -0.39 is 6.10 Å². The highest BCUT2D eigenvalue weighted by molar-refractivity contribution is 9.10. The molecule has 0 radical (unpaired) electrons. The highest BCUT2D eigenvalue weighted by atomic mass is 79.9. The van der Waals surface area contributed by atoms with Crippen molar-refractivity contribution in [3.05, 3.63) is 69.4 Å². The molecule has 1 atom stereocenters. The van der Waals surface area contributed by atoms with E-state index in [2.05, 4.69) is 15.9 Å². The van der Waals surface area contributed by atoms with E-state index in [9.17, 15) is 9.50 Å². The first-order valence-corrected chi connectivity index (χ1v) is 6.54. The average molecular weight is 309 g/mol. The summed E-state index contributed by atoms with van der Waals surface area (Å²) in [7, 11) is 0. The third kappa shape index (κ3) is 3.18. The number of benzene rings is 2. The SMILES string of the molecule is Cc1ccc(CC(O)c2ccc(Br)cc2F)cc1. The first-order valence-electron chi connectivity index (χ1n) is 5.75. The summed E-state index contributed by atoms with van der Waals surface area (Å²) in [6.07, 6.45) is -0.403. The molecule has 0 aliphatic rings. The number of aryl methyl sites for hydroxylation is 1. The van der Waals surface area contributed by atoms with Gasteiger partial charge in [0.2, 0.25) is 0 Å². The molecule has 2 aromatic carbocycles. The molecule has 1 unspecified atom stereocenters. The van der Waals surface area contributed by atoms with Gasteiger partial charge in [0.1, 0.15) is 5.82 Å². The standard InChI is InChI=1S/C15H14BrFO/c1-10-2-4-11(5-3-10)8-15(18)13-7-6-12(16)9-14(13)17/h2-7,9,15,18H,8H2,1H3. The molecule has 0 saturated heterocycles. The molecule has 2 rings (SSSR count). The van der Waals surface area contributed by atoms with E-state index in [1.807, 2.05) is 31.2 Å². The second-order valence-corrected chi connectivity index (χ2v) is 5.29. The summed E-state index contributed by atoms with van der Waals surface area (Å²) in [6, 6.07) is 12.6. The van der Waals surface area contributed by atoms with Gasteiger partial charge in [0, 0.05) is 16.5 Å². The van der Waals surface area contributed by atoms with Crippen LogP contribution in [0.4, 0.5) is 4.39 Å². The van der Waals surface area contributed by atoms with Gasteiger partial charge in [0.15, 0.2) is 0 Å². The van der Waals surface area contributed by atoms with Gasteiger partial charge in [-0.2, -0.15) is 0 Å². The Balaban J connectivity index is 2.16. The minimum atomic E-state index is -0.819. The predicted molar refractivity (Wildman–Crippen MR) is 73.9 cm³/mol. The molecule has 0 amide bonds. The largest absolute Gasteiger partial charge is 0.388 e. The Morgan fingerprint density at radius 3 is 2.44 bits per heavy atom. The fourth-order valence-corrected chi connectivity index (χ4v) is 2.16. The fourth-order valence-electron chi connectivity index (χ4n) is 1.83. The Labute approximate surface area is 114 Å². The Bertz CT molecular complexity index is 537. The van der Waals surface area contributed by atoms with Crippen molar-refractivity contribution in [2.45, 2.75) is 19.4 Å². The molecular weight excluding hydrogens is 295 g/mol. The first-order chi connectivity index (χ1) is 8.56. The second-order valence-electron chi connectivity index (χ2n) is 4.37. The van der Waals surface area contributed by atoms with Crippen LogP contribution in [0.25, 0.3) is 0 Å². The van der Waals surface area contributed by atoms with Crippen molar-refractivity contribution in [3.8, 4) is 0 Å². The van der Waals surface area contributed by atoms with Crippen molar-refractivity contribution < 1.29 is 9.50 Å². The van der Waals surface area contributed by atoms with Gasteiger partial charge in [-0.15, -0.1) is 0 Å². The Morgan fingerprint density at radius 2 is 1.83 bits per heavy atom. The van der Waals surface area contributed by atoms with Gasteiger partial charge >= 0.3 is 0 Å². The zero-order valence-electron chi connectivity index (χ0n) is 10.0. The minimum Gasteiger partial charge on any atom is -0.388 e. The van der Waals surface area contributed by atoms with Gasteiger partial charge < -0.3 is 5.11 Å². The quantitative estimate of drug-likeness (QED) is 0.902. The number of aliphatic hydroxyl groups excluding tert-OH is 1. The van der Waals surface area contributed by atoms with Crippen molar-refractivity contribution in [1.82, 2.24) is 0 Å². The van der Waals surface area contributed by atoms with Crippen LogP contribution in [0.1, 0.15) is 22.8 Å². The highest BCUT2D eigenvalue weighted by Crippen LogP contribution is 2.24. The maximum Gasteiger partial charge on any atom is 0.130 e. The molecule has 3 heteroatoms. The average Bonchev–Trinajstić information content (AvgIpc) is 2.32. The van der Waals surface area contributed by atoms with Crippen LogP contribution in [0, 0.1) is 12.7 Å². The number of halogens is 2. The zero-order valence-corrected chi connectivity index (χ0v) is 11.6. The van der Waals surface area contributed by atoms with Crippen molar-refractivity contribution >= 4 is 15.9 Å². The van der Waals surface area contributed by atoms with Crippen LogP contribution in [-0.2, 0) is 6.42 Å². The maximum atomic E-state index is 13.7. The molecule has 1 nitrogen and oxygen atoms in total. The van der Waals surface area contributed by atoms with E-state index in [1.165, 1.54) is 11.6 Å². The van der Waals surface area contributed by atoms with Crippen molar-refractivity contribution in [3.63, 3.8) is 0 Å². The molecule has 0 aliphatic carbocycles. The van der Waals surface area contributed by atoms with Gasteiger partial charge in [-0.1, -0.05) is 51.8 Å². The summed E-state index contributed by atoms with van der Waals surface area (Å²) in [5, 5.41) is 10.1. The Kier molecular flexibility index (Phi) is 4.15. The van der Waals surface area contributed by atoms with Crippen molar-refractivity contribution in [1.29, 1.82) is 0 Å². The van der Waals surface area contributed by atoms with Gasteiger partial charge in [-0.05, 0) is 24.6 Å². The molecule has 0 spiro atoms. The third-order valence-corrected chi connectivity index (χ3v) is 3.36. The van der Waals surface area contributed by atoms with Gasteiger partial charge in [-0.3, -0.25) is 0 Å². The molecule has 0 aromatic heterocycles. The molecule has 0 heterocycles. The van der Waals surface area contributed by atoms with Crippen molar-refractivity contribution in [2.24, 2.45) is 0 Å². The molecule has 0 aliphatic heterocycles. The summed E-state index contributed by atoms with van der Waals surface area (Å²) in [5.41, 5.74) is 2.50. The van der Waals surface area contributed by atoms with E-state index in [4.69, 9.17) is 0 Å². The Morgan fingerprint density at radius 1 is 1.17 bits per heavy atom. The molecule has 0 fully saturated rings. The van der Waals surface area contributed by atoms with Crippen molar-refractivity contribution in [2.75, 3.05) is 0 Å². The molecule has 0 saturated carbocycles. The van der Waals surface area contributed by atoms with Crippen LogP contribution in [0.15, 0.2) is 46.9 Å². The van der Waals surface area contributed by atoms with Crippen LogP contribution in [0.2, 0.25) is 0 Å². The van der Waals surface area contributed by atoms with E-state index in [0.29, 0.717) is 16.5 Å². The molecule has 1 N–H and O–H groups in total. The number of aliphatic hydroxyl groups is 1. The zero-order chi connectivity index (χ0) is 13.1. The lowest BCUT2D eigenvalue weighted by atomic mass is 10.0. The van der Waals surface area contributed by atoms with Crippen LogP contribution in [0.5, 0.6) is 0 Å². The van der Waals surface area contributed by atoms with E-state index in [1.54, 1.807) is 12.1 Å². The molecule has 2 aromatic rings. The first kappa shape index (κ1) is 13.2. The van der Waals surface area contributed by atoms with Gasteiger partial charge in [0.05, 0.1) is 6.10 Å². The number of hydrogen-bond acceptors (Lipinski definition) is 1. The normalized spacial score (nSPS) is 12.4. The van der Waals surface area contributed by atoms with E-state index >= 15 is 0 Å². The second kappa shape index (κ2) is 5.63. The summed E-state index contributed by atoms with van der Waals surface area (Å²) >= 11 is 3.20. The lowest BCUT2D eigenvalue weighted by Crippen LogP contribution is -2.04. The van der Waals surface area contributed by atoms with E-state index in [-0.39, 0.29) is 5.82 Å². The monoisotopic (exact) mass is 308 g/mol. The molecular formula is C15H14BrFO. The fraction of sp³-hybridized carbons (Fsp3) is 0.200. The van der Waals surface area contributed by atoms with Crippen LogP contribution < -0.4 is 0 Å². The highest BCUT2D eigenvalue weighted by Gasteiger charge is 2.13. The molecule has 18 heavy (non-hydrogen) atoms. The number of rotatable bonds is 3. The van der Waals surface area contributed by atoms with Crippen LogP contribution in [-0.4, -0.2) is 5.11 Å². The summed E-state index contributed by atoms with van der Waals surface area (Å²) in [6.45, 7) is 2.01. The minimum absolute atomic E-state index is 0.332. The predicted octanol–water partition coefficient (Wildman–Crippen LogP) is 4.17. The lowest BCUT2D eigenvalue weighted by Gasteiger charge is -2.12. The topological polar surface area (TPSA) is 20.2 Å². The molecule has 94 valence electrons. The maximum absolute atomic E-state index is 13.7. The molecule has 0 bridgehead atoms. The van der Waals surface area contributed by atoms with Gasteiger partial charge in [0.25, 0.3) is 0 Å². The summed E-state index contributed by atoms with van der Waals surface area (Å²) in [5.74, 6) is -0.385. The number of hydrogen-bond donors (Lipinski definition) is 1. The third-order valence-electron chi connectivity index (χ3n) is 2.87. The van der Waals surface area contributed by atoms with Crippen LogP contribution in [0.3, 0.4) is 0 Å². The van der Waals surface area contributed by atoms with Crippen LogP contribution >= 0.6 is 15.9 Å².